The molecule has 1 rings (SSSR count). The molecule has 0 heterocycles. The van der Waals surface area contributed by atoms with Crippen LogP contribution < -0.4 is 5.32 Å². The summed E-state index contributed by atoms with van der Waals surface area (Å²) in [4.78, 5) is 11.7. The number of benzene rings is 1. The molecule has 1 amide bonds. The fraction of sp³-hybridized carbons (Fsp3) is 0.333. The van der Waals surface area contributed by atoms with Gasteiger partial charge in [0, 0.05) is 22.2 Å². The summed E-state index contributed by atoms with van der Waals surface area (Å²) in [7, 11) is -1.15. The number of nitrogens with one attached hydrogen (secondary N) is 1. The van der Waals surface area contributed by atoms with Crippen molar-refractivity contribution in [2.75, 3.05) is 11.1 Å². The lowest BCUT2D eigenvalue weighted by molar-refractivity contribution is -0.115. The maximum atomic E-state index is 11.7. The van der Waals surface area contributed by atoms with Crippen LogP contribution in [0.5, 0.6) is 0 Å². The van der Waals surface area contributed by atoms with Crippen molar-refractivity contribution in [3.05, 3.63) is 29.8 Å². The molecule has 1 aromatic carbocycles. The van der Waals surface area contributed by atoms with Crippen molar-refractivity contribution in [2.45, 2.75) is 19.1 Å². The van der Waals surface area contributed by atoms with E-state index in [1.54, 1.807) is 38.1 Å². The van der Waals surface area contributed by atoms with Crippen molar-refractivity contribution in [1.29, 1.82) is 5.26 Å². The third kappa shape index (κ3) is 3.68. The van der Waals surface area contributed by atoms with Crippen LogP contribution in [-0.4, -0.2) is 21.1 Å². The maximum Gasteiger partial charge on any atom is 0.239 e. The standard InChI is InChI=1S/C12H14N2O2S/c1-3-17(16)9(2)12(15)14-11-6-4-10(8-13)5-7-11/h4-7,9H,3H2,1-2H3,(H,14,15). The molecule has 17 heavy (non-hydrogen) atoms. The first-order chi connectivity index (χ1) is 8.08. The van der Waals surface area contributed by atoms with E-state index in [0.29, 0.717) is 17.0 Å². The van der Waals surface area contributed by atoms with Crippen molar-refractivity contribution in [3.63, 3.8) is 0 Å². The van der Waals surface area contributed by atoms with Gasteiger partial charge in [-0.2, -0.15) is 5.26 Å². The molecule has 2 unspecified atom stereocenters. The zero-order chi connectivity index (χ0) is 12.8. The number of hydrogen-bond donors (Lipinski definition) is 1. The number of carbonyl (C=O) groups is 1. The number of nitriles is 1. The Hall–Kier alpha value is -1.67. The molecule has 0 aromatic heterocycles. The van der Waals surface area contributed by atoms with Gasteiger partial charge in [0.05, 0.1) is 11.6 Å². The second kappa shape index (κ2) is 6.16. The van der Waals surface area contributed by atoms with Crippen molar-refractivity contribution >= 4 is 22.4 Å². The van der Waals surface area contributed by atoms with Crippen molar-refractivity contribution in [2.24, 2.45) is 0 Å². The van der Waals surface area contributed by atoms with E-state index in [-0.39, 0.29) is 5.91 Å². The lowest BCUT2D eigenvalue weighted by Crippen LogP contribution is -2.29. The molecule has 4 nitrogen and oxygen atoms in total. The minimum atomic E-state index is -1.15. The molecule has 90 valence electrons. The van der Waals surface area contributed by atoms with Gasteiger partial charge in [0.1, 0.15) is 5.25 Å². The lowest BCUT2D eigenvalue weighted by atomic mass is 10.2. The number of anilines is 1. The fourth-order valence-corrected chi connectivity index (χ4v) is 2.04. The Morgan fingerprint density at radius 2 is 2.06 bits per heavy atom. The van der Waals surface area contributed by atoms with Gasteiger partial charge in [-0.05, 0) is 31.2 Å². The van der Waals surface area contributed by atoms with E-state index in [2.05, 4.69) is 5.32 Å². The van der Waals surface area contributed by atoms with Gasteiger partial charge in [0.2, 0.25) is 5.91 Å². The van der Waals surface area contributed by atoms with Crippen LogP contribution >= 0.6 is 0 Å². The average molecular weight is 250 g/mol. The normalized spacial score (nSPS) is 13.5. The Kier molecular flexibility index (Phi) is 4.85. The van der Waals surface area contributed by atoms with Gasteiger partial charge >= 0.3 is 0 Å². The summed E-state index contributed by atoms with van der Waals surface area (Å²) in [6.45, 7) is 3.42. The van der Waals surface area contributed by atoms with Gasteiger partial charge in [-0.15, -0.1) is 0 Å². The Morgan fingerprint density at radius 3 is 2.53 bits per heavy atom. The Balaban J connectivity index is 2.68. The predicted molar refractivity (Wildman–Crippen MR) is 67.9 cm³/mol. The van der Waals surface area contributed by atoms with Gasteiger partial charge < -0.3 is 5.32 Å². The summed E-state index contributed by atoms with van der Waals surface area (Å²) in [6, 6.07) is 8.54. The van der Waals surface area contributed by atoms with Gasteiger partial charge in [-0.1, -0.05) is 6.92 Å². The number of amides is 1. The highest BCUT2D eigenvalue weighted by atomic mass is 32.2. The molecule has 5 heteroatoms. The molecule has 0 fully saturated rings. The highest BCUT2D eigenvalue weighted by molar-refractivity contribution is 7.86. The molecule has 0 aliphatic heterocycles. The molecule has 0 saturated carbocycles. The van der Waals surface area contributed by atoms with E-state index in [0.717, 1.165) is 0 Å². The maximum absolute atomic E-state index is 11.7. The summed E-state index contributed by atoms with van der Waals surface area (Å²) in [5.74, 6) is 0.192. The smallest absolute Gasteiger partial charge is 0.239 e. The molecule has 2 atom stereocenters. The Morgan fingerprint density at radius 1 is 1.47 bits per heavy atom. The first-order valence-electron chi connectivity index (χ1n) is 5.26. The fourth-order valence-electron chi connectivity index (χ4n) is 1.24. The van der Waals surface area contributed by atoms with Crippen LogP contribution in [0.15, 0.2) is 24.3 Å². The van der Waals surface area contributed by atoms with Crippen LogP contribution in [0.3, 0.4) is 0 Å². The molecule has 0 aliphatic carbocycles. The van der Waals surface area contributed by atoms with Crippen molar-refractivity contribution < 1.29 is 9.00 Å². The zero-order valence-electron chi connectivity index (χ0n) is 9.77. The van der Waals surface area contributed by atoms with Crippen LogP contribution in [0.25, 0.3) is 0 Å². The monoisotopic (exact) mass is 250 g/mol. The number of hydrogen-bond acceptors (Lipinski definition) is 3. The SMILES string of the molecule is CCS(=O)C(C)C(=O)Nc1ccc(C#N)cc1. The predicted octanol–water partition coefficient (Wildman–Crippen LogP) is 1.65. The van der Waals surface area contributed by atoms with Gasteiger partial charge in [-0.25, -0.2) is 0 Å². The second-order valence-corrected chi connectivity index (χ2v) is 5.54. The van der Waals surface area contributed by atoms with E-state index >= 15 is 0 Å². The van der Waals surface area contributed by atoms with Crippen LogP contribution in [-0.2, 0) is 15.6 Å². The number of carbonyl (C=O) groups excluding carboxylic acids is 1. The van der Waals surface area contributed by atoms with Crippen LogP contribution in [0, 0.1) is 11.3 Å². The summed E-state index contributed by atoms with van der Waals surface area (Å²) in [6.07, 6.45) is 0. The quantitative estimate of drug-likeness (QED) is 0.883. The minimum absolute atomic E-state index is 0.269. The van der Waals surface area contributed by atoms with E-state index in [1.165, 1.54) is 0 Å². The van der Waals surface area contributed by atoms with Gasteiger partial charge in [0.15, 0.2) is 0 Å². The van der Waals surface area contributed by atoms with Crippen molar-refractivity contribution in [3.8, 4) is 6.07 Å². The summed E-state index contributed by atoms with van der Waals surface area (Å²) < 4.78 is 11.5. The van der Waals surface area contributed by atoms with Gasteiger partial charge in [0.25, 0.3) is 0 Å². The summed E-state index contributed by atoms with van der Waals surface area (Å²) >= 11 is 0. The topological polar surface area (TPSA) is 70.0 Å². The van der Waals surface area contributed by atoms with E-state index in [1.807, 2.05) is 6.07 Å². The molecule has 0 spiro atoms. The third-order valence-electron chi connectivity index (χ3n) is 2.33. The molecule has 0 saturated heterocycles. The molecule has 1 aromatic rings. The average Bonchev–Trinajstić information content (AvgIpc) is 2.37. The van der Waals surface area contributed by atoms with Crippen LogP contribution in [0.2, 0.25) is 0 Å². The highest BCUT2D eigenvalue weighted by Crippen LogP contribution is 2.10. The highest BCUT2D eigenvalue weighted by Gasteiger charge is 2.18. The third-order valence-corrected chi connectivity index (χ3v) is 3.90. The molecule has 0 radical (unpaired) electrons. The minimum Gasteiger partial charge on any atom is -0.325 e. The number of rotatable bonds is 4. The summed E-state index contributed by atoms with van der Waals surface area (Å²) in [5.41, 5.74) is 1.14. The number of nitrogens with zero attached hydrogens (tertiary/aromatic N) is 1. The van der Waals surface area contributed by atoms with Gasteiger partial charge in [-0.3, -0.25) is 9.00 Å². The first-order valence-corrected chi connectivity index (χ1v) is 6.65. The lowest BCUT2D eigenvalue weighted by Gasteiger charge is -2.10. The molecule has 1 N–H and O–H groups in total. The first kappa shape index (κ1) is 13.4. The van der Waals surface area contributed by atoms with Crippen LogP contribution in [0.4, 0.5) is 5.69 Å². The Labute approximate surface area is 103 Å². The van der Waals surface area contributed by atoms with E-state index in [9.17, 15) is 9.00 Å². The molecular formula is C12H14N2O2S. The van der Waals surface area contributed by atoms with E-state index < -0.39 is 16.0 Å². The summed E-state index contributed by atoms with van der Waals surface area (Å²) in [5, 5.41) is 10.8. The van der Waals surface area contributed by atoms with Crippen LogP contribution in [0.1, 0.15) is 19.4 Å². The molecule has 0 bridgehead atoms. The molecule has 0 aliphatic rings. The largest absolute Gasteiger partial charge is 0.325 e. The zero-order valence-corrected chi connectivity index (χ0v) is 10.6. The molecular weight excluding hydrogens is 236 g/mol. The Bertz CT molecular complexity index is 462. The van der Waals surface area contributed by atoms with Crippen molar-refractivity contribution in [1.82, 2.24) is 0 Å². The second-order valence-electron chi connectivity index (χ2n) is 3.49. The van der Waals surface area contributed by atoms with E-state index in [4.69, 9.17) is 5.26 Å².